The molecule has 148 valence electrons. The lowest BCUT2D eigenvalue weighted by Gasteiger charge is -2.24. The Morgan fingerprint density at radius 1 is 1.10 bits per heavy atom. The van der Waals surface area contributed by atoms with E-state index < -0.39 is 17.5 Å². The third-order valence-electron chi connectivity index (χ3n) is 5.30. The van der Waals surface area contributed by atoms with Gasteiger partial charge < -0.3 is 10.2 Å². The maximum absolute atomic E-state index is 13.2. The largest absolute Gasteiger partial charge is 0.339 e. The molecule has 1 aromatic heterocycles. The van der Waals surface area contributed by atoms with E-state index in [-0.39, 0.29) is 12.5 Å². The number of thiophene rings is 1. The Balaban J connectivity index is 1.57. The van der Waals surface area contributed by atoms with Crippen LogP contribution in [-0.4, -0.2) is 41.2 Å². The number of benzene rings is 2. The zero-order valence-electron chi connectivity index (χ0n) is 16.2. The van der Waals surface area contributed by atoms with Gasteiger partial charge in [0.25, 0.3) is 5.91 Å². The van der Waals surface area contributed by atoms with E-state index in [1.807, 2.05) is 60.0 Å². The Morgan fingerprint density at radius 3 is 2.62 bits per heavy atom. The quantitative estimate of drug-likeness (QED) is 0.660. The van der Waals surface area contributed by atoms with Gasteiger partial charge in [-0.3, -0.25) is 14.5 Å². The zero-order valence-corrected chi connectivity index (χ0v) is 17.0. The molecule has 0 spiro atoms. The number of fused-ring (bicyclic) bond motifs is 1. The molecule has 29 heavy (non-hydrogen) atoms. The number of nitrogens with one attached hydrogen (secondary N) is 1. The lowest BCUT2D eigenvalue weighted by Crippen LogP contribution is -2.43. The van der Waals surface area contributed by atoms with Gasteiger partial charge in [0.1, 0.15) is 12.1 Å². The number of nitrogens with zero attached hydrogens (tertiary/aromatic N) is 2. The summed E-state index contributed by atoms with van der Waals surface area (Å²) in [5.41, 5.74) is -0.499. The molecular weight excluding hydrogens is 386 g/mol. The van der Waals surface area contributed by atoms with Gasteiger partial charge in [-0.15, -0.1) is 11.3 Å². The van der Waals surface area contributed by atoms with Gasteiger partial charge in [-0.1, -0.05) is 48.5 Å². The van der Waals surface area contributed by atoms with Crippen molar-refractivity contribution < 1.29 is 14.4 Å². The molecule has 4 rings (SSSR count). The fourth-order valence-corrected chi connectivity index (χ4v) is 4.42. The van der Waals surface area contributed by atoms with Crippen molar-refractivity contribution in [3.05, 3.63) is 70.4 Å². The van der Waals surface area contributed by atoms with E-state index >= 15 is 0 Å². The lowest BCUT2D eigenvalue weighted by atomic mass is 9.88. The van der Waals surface area contributed by atoms with Gasteiger partial charge in [0.2, 0.25) is 5.91 Å². The van der Waals surface area contributed by atoms with Gasteiger partial charge in [-0.25, -0.2) is 4.79 Å². The van der Waals surface area contributed by atoms with E-state index in [2.05, 4.69) is 5.32 Å². The number of likely N-dealkylation sites (N-methyl/N-ethyl adjacent to an activating group) is 1. The fourth-order valence-electron chi connectivity index (χ4n) is 3.66. The fraction of sp³-hybridized carbons (Fsp3) is 0.227. The summed E-state index contributed by atoms with van der Waals surface area (Å²) in [6, 6.07) is 16.7. The van der Waals surface area contributed by atoms with Gasteiger partial charge in [0, 0.05) is 11.9 Å². The van der Waals surface area contributed by atoms with E-state index in [0.29, 0.717) is 6.54 Å². The highest BCUT2D eigenvalue weighted by atomic mass is 32.1. The van der Waals surface area contributed by atoms with Crippen LogP contribution in [0.2, 0.25) is 0 Å². The summed E-state index contributed by atoms with van der Waals surface area (Å²) in [4.78, 5) is 42.1. The van der Waals surface area contributed by atoms with Crippen LogP contribution < -0.4 is 5.32 Å². The molecule has 0 aliphatic carbocycles. The second kappa shape index (κ2) is 7.33. The number of imide groups is 1. The van der Waals surface area contributed by atoms with Crippen LogP contribution in [0, 0.1) is 0 Å². The summed E-state index contributed by atoms with van der Waals surface area (Å²) in [7, 11) is 1.67. The van der Waals surface area contributed by atoms with E-state index in [1.54, 1.807) is 25.3 Å². The van der Waals surface area contributed by atoms with Gasteiger partial charge in [-0.2, -0.15) is 0 Å². The summed E-state index contributed by atoms with van der Waals surface area (Å²) < 4.78 is 0. The molecule has 1 atom stereocenters. The average Bonchev–Trinajstić information content (AvgIpc) is 3.30. The van der Waals surface area contributed by atoms with Crippen molar-refractivity contribution in [3.63, 3.8) is 0 Å². The Labute approximate surface area is 172 Å². The predicted molar refractivity (Wildman–Crippen MR) is 112 cm³/mol. The molecule has 4 amide bonds. The number of amides is 4. The highest BCUT2D eigenvalue weighted by Crippen LogP contribution is 2.33. The number of carbonyl (C=O) groups is 3. The normalized spacial score (nSPS) is 18.9. The first kappa shape index (κ1) is 19.1. The van der Waals surface area contributed by atoms with Crippen molar-refractivity contribution in [3.8, 4) is 0 Å². The summed E-state index contributed by atoms with van der Waals surface area (Å²) in [5.74, 6) is -0.708. The monoisotopic (exact) mass is 407 g/mol. The smallest absolute Gasteiger partial charge is 0.325 e. The summed E-state index contributed by atoms with van der Waals surface area (Å²) in [5, 5.41) is 6.62. The molecule has 0 bridgehead atoms. The van der Waals surface area contributed by atoms with Crippen LogP contribution in [0.3, 0.4) is 0 Å². The van der Waals surface area contributed by atoms with Crippen LogP contribution in [0.4, 0.5) is 4.79 Å². The van der Waals surface area contributed by atoms with Gasteiger partial charge in [0.05, 0.1) is 6.54 Å². The third kappa shape index (κ3) is 3.38. The average molecular weight is 407 g/mol. The molecule has 1 N–H and O–H groups in total. The molecule has 0 radical (unpaired) electrons. The van der Waals surface area contributed by atoms with Crippen LogP contribution in [0.5, 0.6) is 0 Å². The van der Waals surface area contributed by atoms with E-state index in [9.17, 15) is 14.4 Å². The number of hydrogen-bond donors (Lipinski definition) is 1. The first-order valence-electron chi connectivity index (χ1n) is 9.29. The van der Waals surface area contributed by atoms with Gasteiger partial charge in [0.15, 0.2) is 0 Å². The molecular formula is C22H21N3O3S. The van der Waals surface area contributed by atoms with E-state index in [4.69, 9.17) is 0 Å². The van der Waals surface area contributed by atoms with E-state index in [0.717, 1.165) is 26.1 Å². The predicted octanol–water partition coefficient (Wildman–Crippen LogP) is 3.33. The summed E-state index contributed by atoms with van der Waals surface area (Å²) >= 11 is 1.56. The third-order valence-corrected chi connectivity index (χ3v) is 6.16. The Bertz CT molecular complexity index is 1090. The number of rotatable bonds is 5. The Kier molecular flexibility index (Phi) is 4.84. The second-order valence-electron chi connectivity index (χ2n) is 7.30. The Morgan fingerprint density at radius 2 is 1.86 bits per heavy atom. The zero-order chi connectivity index (χ0) is 20.6. The van der Waals surface area contributed by atoms with Crippen molar-refractivity contribution in [2.24, 2.45) is 0 Å². The molecule has 6 nitrogen and oxygen atoms in total. The molecule has 7 heteroatoms. The number of urea groups is 1. The van der Waals surface area contributed by atoms with Crippen LogP contribution in [0.25, 0.3) is 10.8 Å². The highest BCUT2D eigenvalue weighted by molar-refractivity contribution is 7.09. The minimum absolute atomic E-state index is 0.285. The van der Waals surface area contributed by atoms with Crippen LogP contribution >= 0.6 is 11.3 Å². The number of carbonyl (C=O) groups excluding carboxylic acids is 3. The van der Waals surface area contributed by atoms with Crippen molar-refractivity contribution >= 4 is 40.0 Å². The van der Waals surface area contributed by atoms with Crippen LogP contribution in [0.1, 0.15) is 17.4 Å². The van der Waals surface area contributed by atoms with Gasteiger partial charge in [-0.05, 0) is 34.7 Å². The first-order valence-corrected chi connectivity index (χ1v) is 10.2. The minimum Gasteiger partial charge on any atom is -0.339 e. The molecule has 3 aromatic rings. The van der Waals surface area contributed by atoms with Crippen LogP contribution in [-0.2, 0) is 21.7 Å². The maximum atomic E-state index is 13.2. The topological polar surface area (TPSA) is 69.7 Å². The van der Waals surface area contributed by atoms with Gasteiger partial charge >= 0.3 is 6.03 Å². The molecule has 1 fully saturated rings. The summed E-state index contributed by atoms with van der Waals surface area (Å²) in [6.07, 6.45) is 0. The molecule has 2 aromatic carbocycles. The van der Waals surface area contributed by atoms with E-state index in [1.165, 1.54) is 4.90 Å². The molecule has 0 saturated carbocycles. The second-order valence-corrected chi connectivity index (χ2v) is 8.33. The first-order chi connectivity index (χ1) is 13.9. The van der Waals surface area contributed by atoms with Crippen molar-refractivity contribution in [1.29, 1.82) is 0 Å². The number of hydrogen-bond acceptors (Lipinski definition) is 4. The molecule has 1 aliphatic heterocycles. The standard InChI is InChI=1S/C22H21N3O3S/c1-22(18-11-5-8-15-7-3-4-10-17(15)18)20(27)25(21(28)23-22)14-19(26)24(2)13-16-9-6-12-29-16/h3-12H,13-14H2,1-2H3,(H,23,28). The molecule has 1 unspecified atom stereocenters. The lowest BCUT2D eigenvalue weighted by molar-refractivity contribution is -0.138. The maximum Gasteiger partial charge on any atom is 0.325 e. The van der Waals surface area contributed by atoms with Crippen molar-refractivity contribution in [2.75, 3.05) is 13.6 Å². The Hall–Kier alpha value is -3.19. The van der Waals surface area contributed by atoms with Crippen LogP contribution in [0.15, 0.2) is 60.0 Å². The molecule has 1 aliphatic rings. The molecule has 2 heterocycles. The molecule has 1 saturated heterocycles. The SMILES string of the molecule is CN(Cc1cccs1)C(=O)CN1C(=O)NC(C)(c2cccc3ccccc23)C1=O. The van der Waals surface area contributed by atoms with Crippen molar-refractivity contribution in [1.82, 2.24) is 15.1 Å². The minimum atomic E-state index is -1.22. The highest BCUT2D eigenvalue weighted by Gasteiger charge is 2.50. The summed E-state index contributed by atoms with van der Waals surface area (Å²) in [6.45, 7) is 1.85. The van der Waals surface area contributed by atoms with Crippen molar-refractivity contribution in [2.45, 2.75) is 19.0 Å².